The molecule has 0 aromatic heterocycles. The molecule has 0 amide bonds. The van der Waals surface area contributed by atoms with Crippen LogP contribution in [-0.4, -0.2) is 8.32 Å². The molecule has 0 aliphatic heterocycles. The van der Waals surface area contributed by atoms with Gasteiger partial charge in [-0.15, -0.1) is 11.8 Å². The molecule has 0 spiro atoms. The van der Waals surface area contributed by atoms with E-state index in [1.807, 2.05) is 11.8 Å². The molecule has 0 saturated heterocycles. The van der Waals surface area contributed by atoms with Gasteiger partial charge in [0.1, 0.15) is 5.75 Å². The van der Waals surface area contributed by atoms with Crippen molar-refractivity contribution >= 4 is 20.1 Å². The van der Waals surface area contributed by atoms with Crippen LogP contribution in [0.3, 0.4) is 0 Å². The van der Waals surface area contributed by atoms with E-state index >= 15 is 0 Å². The molecule has 2 rings (SSSR count). The number of benzene rings is 2. The molecule has 0 radical (unpaired) electrons. The van der Waals surface area contributed by atoms with Crippen LogP contribution in [0.25, 0.3) is 0 Å². The van der Waals surface area contributed by atoms with E-state index in [1.165, 1.54) is 10.5 Å². The topological polar surface area (TPSA) is 9.23 Å². The Kier molecular flexibility index (Phi) is 7.21. The minimum absolute atomic E-state index is 0.598. The van der Waals surface area contributed by atoms with Crippen LogP contribution in [-0.2, 0) is 5.75 Å². The highest BCUT2D eigenvalue weighted by atomic mass is 32.2. The molecule has 0 heterocycles. The molecule has 2 aromatic carbocycles. The zero-order valence-electron chi connectivity index (χ0n) is 16.5. The van der Waals surface area contributed by atoms with Crippen LogP contribution < -0.4 is 4.43 Å². The molecule has 1 nitrogen and oxygen atoms in total. The SMILES string of the molecule is CC(C)[Si](Oc1ccc(CSc2ccccc2)cc1)(C(C)C)C(C)C. The lowest BCUT2D eigenvalue weighted by molar-refractivity contribution is 0.479. The summed E-state index contributed by atoms with van der Waals surface area (Å²) in [5, 5.41) is 0. The van der Waals surface area contributed by atoms with Crippen LogP contribution in [0.5, 0.6) is 5.75 Å². The first-order chi connectivity index (χ1) is 11.9. The summed E-state index contributed by atoms with van der Waals surface area (Å²) in [7, 11) is -1.86. The molecule has 0 N–H and O–H groups in total. The van der Waals surface area contributed by atoms with Gasteiger partial charge in [0.25, 0.3) is 8.32 Å². The van der Waals surface area contributed by atoms with Crippen molar-refractivity contribution in [3.63, 3.8) is 0 Å². The number of hydrogen-bond acceptors (Lipinski definition) is 2. The van der Waals surface area contributed by atoms with Gasteiger partial charge in [-0.05, 0) is 46.5 Å². The maximum atomic E-state index is 6.74. The second-order valence-electron chi connectivity index (χ2n) is 7.67. The summed E-state index contributed by atoms with van der Waals surface area (Å²) in [4.78, 5) is 1.31. The van der Waals surface area contributed by atoms with E-state index in [0.717, 1.165) is 11.5 Å². The van der Waals surface area contributed by atoms with E-state index in [4.69, 9.17) is 4.43 Å². The summed E-state index contributed by atoms with van der Waals surface area (Å²) in [5.41, 5.74) is 3.13. The first-order valence-corrected chi connectivity index (χ1v) is 12.4. The van der Waals surface area contributed by atoms with Crippen molar-refractivity contribution in [2.75, 3.05) is 0 Å². The maximum absolute atomic E-state index is 6.74. The molecule has 0 aliphatic rings. The van der Waals surface area contributed by atoms with Gasteiger partial charge >= 0.3 is 0 Å². The van der Waals surface area contributed by atoms with Gasteiger partial charge < -0.3 is 4.43 Å². The molecule has 0 aliphatic carbocycles. The van der Waals surface area contributed by atoms with Crippen molar-refractivity contribution in [3.05, 3.63) is 60.2 Å². The van der Waals surface area contributed by atoms with Crippen molar-refractivity contribution in [2.24, 2.45) is 0 Å². The third kappa shape index (κ3) is 4.92. The normalized spacial score (nSPS) is 12.2. The predicted molar refractivity (Wildman–Crippen MR) is 114 cm³/mol. The van der Waals surface area contributed by atoms with Crippen LogP contribution in [0.15, 0.2) is 59.5 Å². The van der Waals surface area contributed by atoms with Gasteiger partial charge in [-0.1, -0.05) is 71.9 Å². The Morgan fingerprint density at radius 2 is 1.28 bits per heavy atom. The molecular formula is C22H32OSSi. The Balaban J connectivity index is 2.08. The lowest BCUT2D eigenvalue weighted by Gasteiger charge is -2.42. The molecule has 0 atom stereocenters. The molecule has 0 saturated carbocycles. The predicted octanol–water partition coefficient (Wildman–Crippen LogP) is 7.53. The van der Waals surface area contributed by atoms with E-state index in [9.17, 15) is 0 Å². The average Bonchev–Trinajstić information content (AvgIpc) is 2.59. The van der Waals surface area contributed by atoms with Crippen LogP contribution in [0.4, 0.5) is 0 Å². The molecule has 3 heteroatoms. The fourth-order valence-electron chi connectivity index (χ4n) is 3.89. The smallest absolute Gasteiger partial charge is 0.258 e. The van der Waals surface area contributed by atoms with Gasteiger partial charge in [0.15, 0.2) is 0 Å². The summed E-state index contributed by atoms with van der Waals surface area (Å²) < 4.78 is 6.74. The standard InChI is InChI=1S/C22H32OSSi/c1-17(2)25(18(3)4,19(5)6)23-21-14-12-20(13-15-21)16-24-22-10-8-7-9-11-22/h7-15,17-19H,16H2,1-6H3. The molecule has 2 aromatic rings. The zero-order valence-corrected chi connectivity index (χ0v) is 18.3. The van der Waals surface area contributed by atoms with Crippen molar-refractivity contribution in [1.29, 1.82) is 0 Å². The highest BCUT2D eigenvalue weighted by Gasteiger charge is 2.46. The monoisotopic (exact) mass is 372 g/mol. The molecular weight excluding hydrogens is 340 g/mol. The van der Waals surface area contributed by atoms with Crippen molar-refractivity contribution in [1.82, 2.24) is 0 Å². The fraction of sp³-hybridized carbons (Fsp3) is 0.455. The van der Waals surface area contributed by atoms with Gasteiger partial charge in [0.2, 0.25) is 0 Å². The zero-order chi connectivity index (χ0) is 18.4. The molecule has 0 unspecified atom stereocenters. The van der Waals surface area contributed by atoms with E-state index in [-0.39, 0.29) is 0 Å². The summed E-state index contributed by atoms with van der Waals surface area (Å²) >= 11 is 1.88. The van der Waals surface area contributed by atoms with E-state index in [0.29, 0.717) is 16.6 Å². The Hall–Kier alpha value is -1.19. The molecule has 25 heavy (non-hydrogen) atoms. The number of thioether (sulfide) groups is 1. The second-order valence-corrected chi connectivity index (χ2v) is 14.1. The quantitative estimate of drug-likeness (QED) is 0.350. The van der Waals surface area contributed by atoms with Crippen LogP contribution >= 0.6 is 11.8 Å². The molecule has 0 bridgehead atoms. The fourth-order valence-corrected chi connectivity index (χ4v) is 10.0. The van der Waals surface area contributed by atoms with Gasteiger partial charge in [-0.25, -0.2) is 0 Å². The van der Waals surface area contributed by atoms with Gasteiger partial charge in [-0.3, -0.25) is 0 Å². The summed E-state index contributed by atoms with van der Waals surface area (Å²) in [5.74, 6) is 2.03. The van der Waals surface area contributed by atoms with Crippen LogP contribution in [0.1, 0.15) is 47.1 Å². The van der Waals surface area contributed by atoms with Crippen molar-refractivity contribution in [3.8, 4) is 5.75 Å². The van der Waals surface area contributed by atoms with Gasteiger partial charge in [0.05, 0.1) is 0 Å². The number of rotatable bonds is 8. The van der Waals surface area contributed by atoms with Crippen LogP contribution in [0.2, 0.25) is 16.6 Å². The summed E-state index contributed by atoms with van der Waals surface area (Å²) in [6.45, 7) is 14.0. The highest BCUT2D eigenvalue weighted by Crippen LogP contribution is 2.42. The minimum Gasteiger partial charge on any atom is -0.543 e. The molecule has 0 fully saturated rings. The summed E-state index contributed by atoms with van der Waals surface area (Å²) in [6, 6.07) is 19.3. The first kappa shape index (κ1) is 20.1. The Morgan fingerprint density at radius 3 is 1.76 bits per heavy atom. The van der Waals surface area contributed by atoms with E-state index < -0.39 is 8.32 Å². The Bertz CT molecular complexity index is 613. The third-order valence-electron chi connectivity index (χ3n) is 5.07. The second kappa shape index (κ2) is 8.95. The first-order valence-electron chi connectivity index (χ1n) is 9.32. The maximum Gasteiger partial charge on any atom is 0.258 e. The lowest BCUT2D eigenvalue weighted by Crippen LogP contribution is -2.50. The van der Waals surface area contributed by atoms with E-state index in [1.54, 1.807) is 0 Å². The highest BCUT2D eigenvalue weighted by molar-refractivity contribution is 7.98. The largest absolute Gasteiger partial charge is 0.543 e. The van der Waals surface area contributed by atoms with Crippen molar-refractivity contribution < 1.29 is 4.43 Å². The summed E-state index contributed by atoms with van der Waals surface area (Å²) in [6.07, 6.45) is 0. The van der Waals surface area contributed by atoms with Gasteiger partial charge in [0, 0.05) is 10.6 Å². The third-order valence-corrected chi connectivity index (χ3v) is 12.2. The van der Waals surface area contributed by atoms with Crippen molar-refractivity contribution in [2.45, 2.75) is 68.8 Å². The molecule has 136 valence electrons. The average molecular weight is 373 g/mol. The lowest BCUT2D eigenvalue weighted by atomic mass is 10.2. The van der Waals surface area contributed by atoms with Gasteiger partial charge in [-0.2, -0.15) is 0 Å². The Morgan fingerprint density at radius 1 is 0.760 bits per heavy atom. The van der Waals surface area contributed by atoms with Crippen LogP contribution in [0, 0.1) is 0 Å². The minimum atomic E-state index is -1.86. The van der Waals surface area contributed by atoms with E-state index in [2.05, 4.69) is 96.1 Å². The Labute approximate surface area is 159 Å². The number of hydrogen-bond donors (Lipinski definition) is 0.